The maximum atomic E-state index is 12.5. The molecule has 0 amide bonds. The van der Waals surface area contributed by atoms with Crippen LogP contribution in [0, 0.1) is 6.92 Å². The van der Waals surface area contributed by atoms with Crippen molar-refractivity contribution in [1.29, 1.82) is 0 Å². The van der Waals surface area contributed by atoms with Crippen LogP contribution in [0.4, 0.5) is 18.9 Å². The SMILES string of the molecule is Cc1nn(C(C)C)c(Sc2ccc(C(F)(F)F)cn2)c1N. The Labute approximate surface area is 124 Å². The summed E-state index contributed by atoms with van der Waals surface area (Å²) in [5.74, 6) is 0. The highest BCUT2D eigenvalue weighted by Crippen LogP contribution is 2.35. The highest BCUT2D eigenvalue weighted by atomic mass is 32.2. The third kappa shape index (κ3) is 3.31. The first-order chi connectivity index (χ1) is 9.70. The second kappa shape index (κ2) is 5.59. The van der Waals surface area contributed by atoms with Crippen molar-refractivity contribution in [2.75, 3.05) is 5.73 Å². The molecule has 4 nitrogen and oxygen atoms in total. The van der Waals surface area contributed by atoms with Crippen LogP contribution in [0.1, 0.15) is 31.1 Å². The molecule has 0 unspecified atom stereocenters. The molecule has 0 atom stereocenters. The van der Waals surface area contributed by atoms with Gasteiger partial charge in [-0.2, -0.15) is 18.3 Å². The Bertz CT molecular complexity index is 632. The number of aryl methyl sites for hydroxylation is 1. The molecule has 2 rings (SSSR count). The van der Waals surface area contributed by atoms with Crippen LogP contribution in [0.2, 0.25) is 0 Å². The molecule has 2 N–H and O–H groups in total. The van der Waals surface area contributed by atoms with Crippen molar-refractivity contribution >= 4 is 17.4 Å². The molecule has 8 heteroatoms. The molecule has 0 aliphatic rings. The number of anilines is 1. The lowest BCUT2D eigenvalue weighted by Gasteiger charge is -2.11. The van der Waals surface area contributed by atoms with Crippen LogP contribution >= 0.6 is 11.8 Å². The van der Waals surface area contributed by atoms with Crippen LogP contribution in [0.5, 0.6) is 0 Å². The van der Waals surface area contributed by atoms with Crippen LogP contribution in [-0.4, -0.2) is 14.8 Å². The largest absolute Gasteiger partial charge is 0.417 e. The molecule has 21 heavy (non-hydrogen) atoms. The first-order valence-corrected chi connectivity index (χ1v) is 7.07. The second-order valence-corrected chi connectivity index (χ2v) is 5.84. The quantitative estimate of drug-likeness (QED) is 0.932. The predicted octanol–water partition coefficient (Wildman–Crippen LogP) is 3.92. The topological polar surface area (TPSA) is 56.7 Å². The third-order valence-corrected chi connectivity index (χ3v) is 3.89. The average molecular weight is 316 g/mol. The number of hydrogen-bond donors (Lipinski definition) is 1. The molecular weight excluding hydrogens is 301 g/mol. The molecule has 0 saturated carbocycles. The number of hydrogen-bond acceptors (Lipinski definition) is 4. The number of nitrogens with zero attached hydrogens (tertiary/aromatic N) is 3. The summed E-state index contributed by atoms with van der Waals surface area (Å²) < 4.78 is 39.3. The van der Waals surface area contributed by atoms with Crippen molar-refractivity contribution < 1.29 is 13.2 Å². The van der Waals surface area contributed by atoms with E-state index in [0.29, 0.717) is 21.4 Å². The first-order valence-electron chi connectivity index (χ1n) is 6.26. The van der Waals surface area contributed by atoms with Gasteiger partial charge >= 0.3 is 6.18 Å². The molecule has 114 valence electrons. The van der Waals surface area contributed by atoms with Crippen LogP contribution in [0.15, 0.2) is 28.4 Å². The summed E-state index contributed by atoms with van der Waals surface area (Å²) in [5.41, 5.74) is 6.42. The minimum absolute atomic E-state index is 0.0953. The van der Waals surface area contributed by atoms with Crippen molar-refractivity contribution in [2.24, 2.45) is 0 Å². The molecule has 0 aliphatic carbocycles. The lowest BCUT2D eigenvalue weighted by molar-refractivity contribution is -0.137. The fraction of sp³-hybridized carbons (Fsp3) is 0.385. The van der Waals surface area contributed by atoms with E-state index in [-0.39, 0.29) is 6.04 Å². The van der Waals surface area contributed by atoms with Gasteiger partial charge in [0.25, 0.3) is 0 Å². The first kappa shape index (κ1) is 15.7. The van der Waals surface area contributed by atoms with Crippen molar-refractivity contribution in [3.05, 3.63) is 29.6 Å². The van der Waals surface area contributed by atoms with Gasteiger partial charge in [0.05, 0.1) is 16.9 Å². The summed E-state index contributed by atoms with van der Waals surface area (Å²) in [5, 5.41) is 5.46. The monoisotopic (exact) mass is 316 g/mol. The smallest absolute Gasteiger partial charge is 0.395 e. The van der Waals surface area contributed by atoms with E-state index in [2.05, 4.69) is 10.1 Å². The van der Waals surface area contributed by atoms with Gasteiger partial charge in [-0.3, -0.25) is 4.68 Å². The number of pyridine rings is 1. The van der Waals surface area contributed by atoms with Crippen molar-refractivity contribution in [3.63, 3.8) is 0 Å². The van der Waals surface area contributed by atoms with E-state index < -0.39 is 11.7 Å². The summed E-state index contributed by atoms with van der Waals surface area (Å²) in [6, 6.07) is 2.44. The van der Waals surface area contributed by atoms with Gasteiger partial charge in [0.15, 0.2) is 0 Å². The van der Waals surface area contributed by atoms with Gasteiger partial charge < -0.3 is 5.73 Å². The van der Waals surface area contributed by atoms with E-state index in [1.807, 2.05) is 13.8 Å². The zero-order chi connectivity index (χ0) is 15.8. The molecule has 2 aromatic rings. The number of rotatable bonds is 3. The predicted molar refractivity (Wildman–Crippen MR) is 75.1 cm³/mol. The van der Waals surface area contributed by atoms with Gasteiger partial charge in [-0.1, -0.05) is 0 Å². The Hall–Kier alpha value is -1.70. The molecule has 0 fully saturated rings. The van der Waals surface area contributed by atoms with E-state index in [4.69, 9.17) is 5.73 Å². The van der Waals surface area contributed by atoms with Crippen LogP contribution < -0.4 is 5.73 Å². The Morgan fingerprint density at radius 1 is 1.29 bits per heavy atom. The minimum Gasteiger partial charge on any atom is -0.395 e. The van der Waals surface area contributed by atoms with E-state index in [1.165, 1.54) is 17.8 Å². The number of nitrogen functional groups attached to an aromatic ring is 1. The lowest BCUT2D eigenvalue weighted by atomic mass is 10.3. The van der Waals surface area contributed by atoms with Gasteiger partial charge in [-0.25, -0.2) is 4.98 Å². The molecular formula is C13H15F3N4S. The van der Waals surface area contributed by atoms with Gasteiger partial charge in [0, 0.05) is 12.2 Å². The van der Waals surface area contributed by atoms with Crippen molar-refractivity contribution in [2.45, 2.75) is 43.0 Å². The standard InChI is InChI=1S/C13H15F3N4S/c1-7(2)20-12(11(17)8(3)19-20)21-10-5-4-9(6-18-10)13(14,15)16/h4-7H,17H2,1-3H3. The highest BCUT2D eigenvalue weighted by molar-refractivity contribution is 7.99. The summed E-state index contributed by atoms with van der Waals surface area (Å²) in [4.78, 5) is 3.84. The molecule has 0 bridgehead atoms. The van der Waals surface area contributed by atoms with Gasteiger partial charge in [0.1, 0.15) is 10.1 Å². The van der Waals surface area contributed by atoms with Gasteiger partial charge in [-0.05, 0) is 44.7 Å². The Morgan fingerprint density at radius 2 is 1.95 bits per heavy atom. The molecule has 0 spiro atoms. The maximum Gasteiger partial charge on any atom is 0.417 e. The Morgan fingerprint density at radius 3 is 2.43 bits per heavy atom. The van der Waals surface area contributed by atoms with Crippen LogP contribution in [-0.2, 0) is 6.18 Å². The Kier molecular flexibility index (Phi) is 4.18. The minimum atomic E-state index is -4.38. The molecule has 0 aromatic carbocycles. The average Bonchev–Trinajstić information content (AvgIpc) is 2.67. The number of alkyl halides is 3. The summed E-state index contributed by atoms with van der Waals surface area (Å²) >= 11 is 1.21. The summed E-state index contributed by atoms with van der Waals surface area (Å²) in [6.45, 7) is 5.70. The van der Waals surface area contributed by atoms with E-state index in [1.54, 1.807) is 11.6 Å². The number of nitrogens with two attached hydrogens (primary N) is 1. The van der Waals surface area contributed by atoms with Gasteiger partial charge in [-0.15, -0.1) is 0 Å². The zero-order valence-electron chi connectivity index (χ0n) is 11.8. The van der Waals surface area contributed by atoms with Crippen LogP contribution in [0.25, 0.3) is 0 Å². The lowest BCUT2D eigenvalue weighted by Crippen LogP contribution is -2.06. The van der Waals surface area contributed by atoms with Crippen molar-refractivity contribution in [3.8, 4) is 0 Å². The molecule has 0 aliphatic heterocycles. The number of halogens is 3. The van der Waals surface area contributed by atoms with E-state index in [0.717, 1.165) is 12.3 Å². The van der Waals surface area contributed by atoms with E-state index in [9.17, 15) is 13.2 Å². The second-order valence-electron chi connectivity index (χ2n) is 4.83. The Balaban J connectivity index is 2.30. The van der Waals surface area contributed by atoms with Gasteiger partial charge in [0.2, 0.25) is 0 Å². The maximum absolute atomic E-state index is 12.5. The molecule has 0 saturated heterocycles. The number of aromatic nitrogens is 3. The summed E-state index contributed by atoms with van der Waals surface area (Å²) in [7, 11) is 0. The fourth-order valence-corrected chi connectivity index (χ4v) is 2.74. The summed E-state index contributed by atoms with van der Waals surface area (Å²) in [6.07, 6.45) is -3.56. The highest BCUT2D eigenvalue weighted by Gasteiger charge is 2.30. The fourth-order valence-electron chi connectivity index (χ4n) is 1.70. The third-order valence-electron chi connectivity index (χ3n) is 2.84. The molecule has 0 radical (unpaired) electrons. The zero-order valence-corrected chi connectivity index (χ0v) is 12.6. The van der Waals surface area contributed by atoms with Crippen LogP contribution in [0.3, 0.4) is 0 Å². The van der Waals surface area contributed by atoms with Crippen molar-refractivity contribution in [1.82, 2.24) is 14.8 Å². The normalized spacial score (nSPS) is 12.1. The molecule has 2 aromatic heterocycles. The van der Waals surface area contributed by atoms with E-state index >= 15 is 0 Å². The molecule has 2 heterocycles.